The Kier molecular flexibility index (Phi) is 6.96. The Bertz CT molecular complexity index is 917. The summed E-state index contributed by atoms with van der Waals surface area (Å²) in [5, 5.41) is 52.7. The highest BCUT2D eigenvalue weighted by Gasteiger charge is 2.67. The first-order valence-corrected chi connectivity index (χ1v) is 14.1. The summed E-state index contributed by atoms with van der Waals surface area (Å²) in [7, 11) is 0. The summed E-state index contributed by atoms with van der Waals surface area (Å²) in [6.45, 7) is 13.9. The third-order valence-electron chi connectivity index (χ3n) is 12.0. The first-order chi connectivity index (χ1) is 16.5. The van der Waals surface area contributed by atoms with Gasteiger partial charge in [-0.05, 0) is 87.4 Å². The summed E-state index contributed by atoms with van der Waals surface area (Å²) in [5.74, 6) is 0.336. The topological polar surface area (TPSA) is 118 Å². The highest BCUT2D eigenvalue weighted by molar-refractivity contribution is 5.91. The van der Waals surface area contributed by atoms with Crippen LogP contribution in [0, 0.1) is 39.4 Å². The lowest BCUT2D eigenvalue weighted by molar-refractivity contribution is -0.161. The number of rotatable bonds is 6. The van der Waals surface area contributed by atoms with E-state index in [4.69, 9.17) is 0 Å². The number of allylic oxidation sites excluding steroid dienone is 2. The monoisotopic (exact) mass is 506 g/mol. The van der Waals surface area contributed by atoms with E-state index in [0.717, 1.165) is 25.7 Å². The van der Waals surface area contributed by atoms with Crippen molar-refractivity contribution in [3.05, 3.63) is 11.1 Å². The summed E-state index contributed by atoms with van der Waals surface area (Å²) in [6.07, 6.45) is 2.96. The lowest BCUT2D eigenvalue weighted by Gasteiger charge is -2.62. The highest BCUT2D eigenvalue weighted by Crippen LogP contribution is 2.71. The van der Waals surface area contributed by atoms with E-state index in [1.54, 1.807) is 13.8 Å². The second-order valence-electron chi connectivity index (χ2n) is 14.5. The van der Waals surface area contributed by atoms with Crippen LogP contribution in [-0.4, -0.2) is 61.8 Å². The van der Waals surface area contributed by atoms with Crippen LogP contribution in [-0.2, 0) is 4.79 Å². The van der Waals surface area contributed by atoms with E-state index in [-0.39, 0.29) is 41.0 Å². The quantitative estimate of drug-likeness (QED) is 0.350. The molecule has 0 aromatic rings. The van der Waals surface area contributed by atoms with Gasteiger partial charge in [0.05, 0.1) is 23.9 Å². The van der Waals surface area contributed by atoms with Crippen molar-refractivity contribution in [1.29, 1.82) is 0 Å². The minimum atomic E-state index is -1.20. The average Bonchev–Trinajstić information content (AvgIpc) is 3.06. The molecule has 0 aromatic heterocycles. The van der Waals surface area contributed by atoms with Crippen LogP contribution in [0.1, 0.15) is 99.8 Å². The largest absolute Gasteiger partial charge is 0.396 e. The maximum absolute atomic E-state index is 14.2. The molecular formula is C30H50O6. The van der Waals surface area contributed by atoms with Crippen LogP contribution in [0.4, 0.5) is 0 Å². The Hall–Kier alpha value is -0.790. The Morgan fingerprint density at radius 3 is 2.25 bits per heavy atom. The molecule has 0 aromatic carbocycles. The van der Waals surface area contributed by atoms with Gasteiger partial charge in [0.1, 0.15) is 5.78 Å². The predicted molar refractivity (Wildman–Crippen MR) is 139 cm³/mol. The second kappa shape index (κ2) is 8.87. The summed E-state index contributed by atoms with van der Waals surface area (Å²) in [4.78, 5) is 14.2. The van der Waals surface area contributed by atoms with Gasteiger partial charge in [0, 0.05) is 23.9 Å². The van der Waals surface area contributed by atoms with Crippen molar-refractivity contribution in [2.24, 2.45) is 39.4 Å². The summed E-state index contributed by atoms with van der Waals surface area (Å²) >= 11 is 0. The molecule has 6 heteroatoms. The van der Waals surface area contributed by atoms with Crippen molar-refractivity contribution >= 4 is 5.78 Å². The lowest BCUT2D eigenvalue weighted by atomic mass is 9.42. The van der Waals surface area contributed by atoms with E-state index >= 15 is 0 Å². The van der Waals surface area contributed by atoms with Gasteiger partial charge in [-0.25, -0.2) is 0 Å². The molecule has 5 N–H and O–H groups in total. The first-order valence-electron chi connectivity index (χ1n) is 14.1. The maximum Gasteiger partial charge on any atom is 0.143 e. The molecule has 4 aliphatic carbocycles. The zero-order valence-corrected chi connectivity index (χ0v) is 23.5. The average molecular weight is 507 g/mol. The van der Waals surface area contributed by atoms with Crippen LogP contribution in [0.25, 0.3) is 0 Å². The smallest absolute Gasteiger partial charge is 0.143 e. The number of aliphatic hydroxyl groups excluding tert-OH is 4. The molecule has 206 valence electrons. The molecule has 36 heavy (non-hydrogen) atoms. The number of ketones is 1. The summed E-state index contributed by atoms with van der Waals surface area (Å²) in [5.41, 5.74) is -0.249. The normalized spacial score (nSPS) is 44.1. The predicted octanol–water partition coefficient (Wildman–Crippen LogP) is 3.77. The Morgan fingerprint density at radius 1 is 1.03 bits per heavy atom. The molecular weight excluding hydrogens is 456 g/mol. The molecule has 0 saturated heterocycles. The minimum absolute atomic E-state index is 0.0174. The Labute approximate surface area is 217 Å². The van der Waals surface area contributed by atoms with Crippen molar-refractivity contribution in [3.8, 4) is 0 Å². The van der Waals surface area contributed by atoms with Crippen molar-refractivity contribution in [2.45, 2.75) is 124 Å². The molecule has 4 aliphatic rings. The van der Waals surface area contributed by atoms with Crippen LogP contribution in [0.2, 0.25) is 0 Å². The fraction of sp³-hybridized carbons (Fsp3) is 0.900. The SMILES string of the molecule is CC(C)(O)[C@H](O)CC[C@@H](CO)[C@H]1CC[C@@]2(C)C3=C(CC(=O)[C@]12C)[C@@]1(C)C[C@@H](O)[C@H](O)C(C)(C)[C@H]1CC3. The number of fused-ring (bicyclic) bond motifs is 4. The minimum Gasteiger partial charge on any atom is -0.396 e. The van der Waals surface area contributed by atoms with Crippen LogP contribution in [0.5, 0.6) is 0 Å². The lowest BCUT2D eigenvalue weighted by Crippen LogP contribution is -2.60. The first kappa shape index (κ1) is 28.2. The number of carbonyl (C=O) groups excluding carboxylic acids is 1. The fourth-order valence-corrected chi connectivity index (χ4v) is 9.51. The van der Waals surface area contributed by atoms with Gasteiger partial charge >= 0.3 is 0 Å². The molecule has 4 rings (SSSR count). The van der Waals surface area contributed by atoms with E-state index in [9.17, 15) is 30.3 Å². The van der Waals surface area contributed by atoms with Gasteiger partial charge in [0.15, 0.2) is 0 Å². The van der Waals surface area contributed by atoms with Crippen molar-refractivity contribution in [1.82, 2.24) is 0 Å². The molecule has 0 aliphatic heterocycles. The van der Waals surface area contributed by atoms with Crippen LogP contribution >= 0.6 is 0 Å². The van der Waals surface area contributed by atoms with Gasteiger partial charge in [-0.15, -0.1) is 0 Å². The molecule has 6 nitrogen and oxygen atoms in total. The van der Waals surface area contributed by atoms with Gasteiger partial charge in [-0.3, -0.25) is 4.79 Å². The number of hydrogen-bond donors (Lipinski definition) is 5. The molecule has 0 spiro atoms. The molecule has 2 fully saturated rings. The Morgan fingerprint density at radius 2 is 1.67 bits per heavy atom. The molecule has 2 saturated carbocycles. The number of Topliss-reactive ketones (excluding diaryl/α,β-unsaturated/α-hetero) is 1. The van der Waals surface area contributed by atoms with Gasteiger partial charge < -0.3 is 25.5 Å². The molecule has 0 amide bonds. The molecule has 9 atom stereocenters. The maximum atomic E-state index is 14.2. The molecule has 0 radical (unpaired) electrons. The van der Waals surface area contributed by atoms with E-state index < -0.39 is 34.7 Å². The Balaban J connectivity index is 1.70. The zero-order valence-electron chi connectivity index (χ0n) is 23.5. The standard InChI is InChI=1S/C30H50O6/c1-26(2)22-10-9-19-20(28(22,5)15-21(32)25(26)35)14-24(34)30(7)18(12-13-29(19,30)6)17(16-31)8-11-23(33)27(3,4)36/h17-18,21-23,25,31-33,35-36H,8-16H2,1-7H3/t17-,18+,21+,22+,23+,25-,28+,29-,30-/m0/s1. The summed E-state index contributed by atoms with van der Waals surface area (Å²) in [6, 6.07) is 0. The van der Waals surface area contributed by atoms with E-state index in [2.05, 4.69) is 34.6 Å². The van der Waals surface area contributed by atoms with Gasteiger partial charge in [0.2, 0.25) is 0 Å². The number of aliphatic hydroxyl groups is 5. The van der Waals surface area contributed by atoms with E-state index in [1.165, 1.54) is 11.1 Å². The highest BCUT2D eigenvalue weighted by atomic mass is 16.3. The number of hydrogen-bond acceptors (Lipinski definition) is 6. The van der Waals surface area contributed by atoms with Gasteiger partial charge in [-0.1, -0.05) is 45.8 Å². The van der Waals surface area contributed by atoms with E-state index in [0.29, 0.717) is 25.7 Å². The number of carbonyl (C=O) groups is 1. The van der Waals surface area contributed by atoms with Crippen LogP contribution in [0.15, 0.2) is 11.1 Å². The third-order valence-corrected chi connectivity index (χ3v) is 12.0. The molecule has 0 bridgehead atoms. The third kappa shape index (κ3) is 3.80. The van der Waals surface area contributed by atoms with Crippen LogP contribution < -0.4 is 0 Å². The van der Waals surface area contributed by atoms with Gasteiger partial charge in [-0.2, -0.15) is 0 Å². The van der Waals surface area contributed by atoms with Crippen molar-refractivity contribution < 1.29 is 30.3 Å². The van der Waals surface area contributed by atoms with Crippen molar-refractivity contribution in [3.63, 3.8) is 0 Å². The molecule has 0 unspecified atom stereocenters. The van der Waals surface area contributed by atoms with Crippen molar-refractivity contribution in [2.75, 3.05) is 6.61 Å². The zero-order chi connectivity index (χ0) is 27.1. The molecule has 0 heterocycles. The second-order valence-corrected chi connectivity index (χ2v) is 14.5. The summed E-state index contributed by atoms with van der Waals surface area (Å²) < 4.78 is 0. The van der Waals surface area contributed by atoms with Gasteiger partial charge in [0.25, 0.3) is 0 Å². The van der Waals surface area contributed by atoms with E-state index in [1.807, 2.05) is 0 Å². The van der Waals surface area contributed by atoms with Crippen LogP contribution in [0.3, 0.4) is 0 Å². The fourth-order valence-electron chi connectivity index (χ4n) is 9.51.